The molecule has 38 heavy (non-hydrogen) atoms. The molecule has 0 radical (unpaired) electrons. The Morgan fingerprint density at radius 3 is 2.26 bits per heavy atom. The molecule has 2 spiro atoms. The number of hydrogen-bond donors (Lipinski definition) is 2. The molecule has 2 N–H and O–H groups in total. The maximum Gasteiger partial charge on any atom is 0.250 e. The summed E-state index contributed by atoms with van der Waals surface area (Å²) in [5.41, 5.74) is 0.667. The van der Waals surface area contributed by atoms with E-state index in [2.05, 4.69) is 15.5 Å². The summed E-state index contributed by atoms with van der Waals surface area (Å²) in [5, 5.41) is 6.13. The second-order valence-corrected chi connectivity index (χ2v) is 10.4. The summed E-state index contributed by atoms with van der Waals surface area (Å²) in [4.78, 5) is 45.5. The number of carbonyl (C=O) groups excluding carboxylic acids is 3. The number of amides is 2. The SMILES string of the molecule is COc1ccc(C(=O)C2C3(C(=O)Nc4ccccc43)C3CCCN3C23C(=O)Nc2ccccc23)cc1OC. The first-order valence-corrected chi connectivity index (χ1v) is 12.8. The predicted octanol–water partition coefficient (Wildman–Crippen LogP) is 3.72. The number of ketones is 1. The second kappa shape index (κ2) is 7.91. The minimum absolute atomic E-state index is 0.233. The van der Waals surface area contributed by atoms with Crippen LogP contribution in [-0.2, 0) is 20.5 Å². The molecule has 4 aliphatic rings. The zero-order valence-corrected chi connectivity index (χ0v) is 21.1. The van der Waals surface area contributed by atoms with Crippen molar-refractivity contribution in [3.63, 3.8) is 0 Å². The van der Waals surface area contributed by atoms with Gasteiger partial charge < -0.3 is 20.1 Å². The van der Waals surface area contributed by atoms with Crippen LogP contribution in [0, 0.1) is 5.92 Å². The molecule has 0 aromatic heterocycles. The normalized spacial score (nSPS) is 28.7. The van der Waals surface area contributed by atoms with Crippen LogP contribution in [-0.4, -0.2) is 49.3 Å². The number of nitrogens with one attached hydrogen (secondary N) is 2. The van der Waals surface area contributed by atoms with Crippen molar-refractivity contribution in [3.05, 3.63) is 83.4 Å². The Morgan fingerprint density at radius 1 is 0.868 bits per heavy atom. The van der Waals surface area contributed by atoms with Gasteiger partial charge in [0.2, 0.25) is 11.8 Å². The van der Waals surface area contributed by atoms with Gasteiger partial charge in [-0.1, -0.05) is 36.4 Å². The highest BCUT2D eigenvalue weighted by Crippen LogP contribution is 2.66. The molecular formula is C30H27N3O5. The smallest absolute Gasteiger partial charge is 0.250 e. The first-order chi connectivity index (χ1) is 18.5. The van der Waals surface area contributed by atoms with Crippen LogP contribution in [0.3, 0.4) is 0 Å². The summed E-state index contributed by atoms with van der Waals surface area (Å²) in [7, 11) is 3.05. The van der Waals surface area contributed by atoms with Crippen molar-refractivity contribution in [2.24, 2.45) is 5.92 Å². The Balaban J connectivity index is 1.55. The molecule has 8 nitrogen and oxygen atoms in total. The number of hydrogen-bond acceptors (Lipinski definition) is 6. The summed E-state index contributed by atoms with van der Waals surface area (Å²) < 4.78 is 10.9. The van der Waals surface area contributed by atoms with Gasteiger partial charge in [0, 0.05) is 28.5 Å². The molecule has 4 heterocycles. The van der Waals surface area contributed by atoms with Crippen molar-refractivity contribution in [1.29, 1.82) is 0 Å². The molecule has 192 valence electrons. The lowest BCUT2D eigenvalue weighted by Crippen LogP contribution is -2.55. The maximum atomic E-state index is 14.9. The predicted molar refractivity (Wildman–Crippen MR) is 141 cm³/mol. The number of carbonyl (C=O) groups is 3. The Bertz CT molecular complexity index is 1460. The number of ether oxygens (including phenoxy) is 2. The van der Waals surface area contributed by atoms with Crippen LogP contribution in [0.1, 0.15) is 34.3 Å². The monoisotopic (exact) mass is 509 g/mol. The van der Waals surface area contributed by atoms with E-state index in [0.717, 1.165) is 17.5 Å². The first-order valence-electron chi connectivity index (χ1n) is 12.8. The van der Waals surface area contributed by atoms with Gasteiger partial charge in [-0.15, -0.1) is 0 Å². The lowest BCUT2D eigenvalue weighted by molar-refractivity contribution is -0.128. The molecule has 4 unspecified atom stereocenters. The molecule has 0 saturated carbocycles. The molecule has 8 heteroatoms. The van der Waals surface area contributed by atoms with Gasteiger partial charge in [0.25, 0.3) is 0 Å². The number of anilines is 2. The van der Waals surface area contributed by atoms with Gasteiger partial charge in [0.15, 0.2) is 17.3 Å². The minimum atomic E-state index is -1.34. The summed E-state index contributed by atoms with van der Waals surface area (Å²) in [6.07, 6.45) is 1.53. The third-order valence-electron chi connectivity index (χ3n) is 8.96. The molecule has 0 bridgehead atoms. The molecule has 4 atom stereocenters. The highest BCUT2D eigenvalue weighted by Gasteiger charge is 2.78. The van der Waals surface area contributed by atoms with Crippen LogP contribution < -0.4 is 20.1 Å². The van der Waals surface area contributed by atoms with E-state index in [-0.39, 0.29) is 23.6 Å². The fraction of sp³-hybridized carbons (Fsp3) is 0.300. The van der Waals surface area contributed by atoms with E-state index in [4.69, 9.17) is 9.47 Å². The van der Waals surface area contributed by atoms with Crippen LogP contribution in [0.5, 0.6) is 11.5 Å². The summed E-state index contributed by atoms with van der Waals surface area (Å²) in [6, 6.07) is 19.8. The van der Waals surface area contributed by atoms with Crippen molar-refractivity contribution in [2.75, 3.05) is 31.4 Å². The third kappa shape index (κ3) is 2.55. The van der Waals surface area contributed by atoms with E-state index in [1.54, 1.807) is 18.2 Å². The summed E-state index contributed by atoms with van der Waals surface area (Å²) in [5.74, 6) is -0.882. The molecule has 3 aromatic carbocycles. The number of rotatable bonds is 4. The average molecular weight is 510 g/mol. The Morgan fingerprint density at radius 2 is 1.53 bits per heavy atom. The van der Waals surface area contributed by atoms with Crippen LogP contribution in [0.25, 0.3) is 0 Å². The minimum Gasteiger partial charge on any atom is -0.493 e. The maximum absolute atomic E-state index is 14.9. The molecule has 3 aromatic rings. The van der Waals surface area contributed by atoms with Crippen molar-refractivity contribution in [1.82, 2.24) is 4.90 Å². The van der Waals surface area contributed by atoms with Gasteiger partial charge in [0.1, 0.15) is 11.0 Å². The molecular weight excluding hydrogens is 482 g/mol. The van der Waals surface area contributed by atoms with Gasteiger partial charge >= 0.3 is 0 Å². The van der Waals surface area contributed by atoms with Crippen LogP contribution in [0.15, 0.2) is 66.7 Å². The lowest BCUT2D eigenvalue weighted by atomic mass is 9.60. The van der Waals surface area contributed by atoms with Crippen molar-refractivity contribution < 1.29 is 23.9 Å². The number of para-hydroxylation sites is 2. The zero-order chi connectivity index (χ0) is 26.2. The van der Waals surface area contributed by atoms with Gasteiger partial charge in [-0.3, -0.25) is 19.3 Å². The Kier molecular flexibility index (Phi) is 4.79. The third-order valence-corrected chi connectivity index (χ3v) is 8.96. The number of nitrogens with zero attached hydrogens (tertiary/aromatic N) is 1. The van der Waals surface area contributed by atoms with Crippen LogP contribution in [0.4, 0.5) is 11.4 Å². The Labute approximate surface area is 219 Å². The first kappa shape index (κ1) is 23.0. The van der Waals surface area contributed by atoms with Crippen molar-refractivity contribution >= 4 is 29.0 Å². The van der Waals surface area contributed by atoms with E-state index >= 15 is 0 Å². The number of Topliss-reactive ketones (excluding diaryl/α,β-unsaturated/α-hetero) is 1. The quantitative estimate of drug-likeness (QED) is 0.521. The number of benzene rings is 3. The van der Waals surface area contributed by atoms with Crippen molar-refractivity contribution in [3.8, 4) is 11.5 Å². The fourth-order valence-electron chi connectivity index (χ4n) is 7.66. The zero-order valence-electron chi connectivity index (χ0n) is 21.1. The largest absolute Gasteiger partial charge is 0.493 e. The van der Waals surface area contributed by atoms with Crippen LogP contribution >= 0.6 is 0 Å². The standard InChI is InChI=1S/C30H27N3O5/c1-37-22-14-13-17(16-23(22)38-2)25(34)26-29(18-8-3-5-10-20(18)31-27(29)35)24-12-7-15-33(24)30(26)19-9-4-6-11-21(19)32-28(30)36/h3-6,8-11,13-14,16,24,26H,7,12,15H2,1-2H3,(H,31,35)(H,32,36). The number of methoxy groups -OCH3 is 2. The molecule has 0 aliphatic carbocycles. The molecule has 2 amide bonds. The second-order valence-electron chi connectivity index (χ2n) is 10.4. The molecule has 7 rings (SSSR count). The average Bonchev–Trinajstić information content (AvgIpc) is 3.66. The van der Waals surface area contributed by atoms with E-state index in [9.17, 15) is 14.4 Å². The lowest BCUT2D eigenvalue weighted by Gasteiger charge is -2.38. The van der Waals surface area contributed by atoms with Gasteiger partial charge in [0.05, 0.1) is 20.1 Å². The fourth-order valence-corrected chi connectivity index (χ4v) is 7.66. The molecule has 2 saturated heterocycles. The molecule has 2 fully saturated rings. The highest BCUT2D eigenvalue weighted by atomic mass is 16.5. The van der Waals surface area contributed by atoms with E-state index < -0.39 is 16.9 Å². The number of fused-ring (bicyclic) bond motifs is 7. The highest BCUT2D eigenvalue weighted by molar-refractivity contribution is 6.18. The molecule has 4 aliphatic heterocycles. The topological polar surface area (TPSA) is 97.0 Å². The van der Waals surface area contributed by atoms with E-state index in [1.165, 1.54) is 14.2 Å². The summed E-state index contributed by atoms with van der Waals surface area (Å²) in [6.45, 7) is 0.610. The van der Waals surface area contributed by atoms with Gasteiger partial charge in [-0.25, -0.2) is 0 Å². The van der Waals surface area contributed by atoms with E-state index in [0.29, 0.717) is 41.4 Å². The van der Waals surface area contributed by atoms with Crippen molar-refractivity contribution in [2.45, 2.75) is 29.8 Å². The van der Waals surface area contributed by atoms with Gasteiger partial charge in [-0.05, 0) is 55.3 Å². The van der Waals surface area contributed by atoms with E-state index in [1.807, 2.05) is 48.5 Å². The van der Waals surface area contributed by atoms with Gasteiger partial charge in [-0.2, -0.15) is 0 Å². The van der Waals surface area contributed by atoms with Crippen LogP contribution in [0.2, 0.25) is 0 Å². The summed E-state index contributed by atoms with van der Waals surface area (Å²) >= 11 is 0. The Hall–Kier alpha value is -4.17.